The third-order valence-corrected chi connectivity index (χ3v) is 10.1. The molecule has 2 aliphatic heterocycles. The van der Waals surface area contributed by atoms with E-state index in [0.717, 1.165) is 25.9 Å². The molecule has 212 valence electrons. The number of carbonyl (C=O) groups is 2. The van der Waals surface area contributed by atoms with Gasteiger partial charge in [-0.05, 0) is 58.0 Å². The molecule has 4 rings (SSSR count). The van der Waals surface area contributed by atoms with Crippen LogP contribution in [0.25, 0.3) is 0 Å². The van der Waals surface area contributed by atoms with Crippen molar-refractivity contribution in [2.24, 2.45) is 16.7 Å². The van der Waals surface area contributed by atoms with Gasteiger partial charge in [-0.15, -0.1) is 19.0 Å². The van der Waals surface area contributed by atoms with Gasteiger partial charge in [-0.1, -0.05) is 33.3 Å². The van der Waals surface area contributed by atoms with Crippen LogP contribution < -0.4 is 0 Å². The van der Waals surface area contributed by atoms with Crippen molar-refractivity contribution in [2.45, 2.75) is 115 Å². The van der Waals surface area contributed by atoms with Gasteiger partial charge in [0.1, 0.15) is 5.60 Å². The second kappa shape index (κ2) is 10.2. The molecule has 3 N–H and O–H groups in total. The van der Waals surface area contributed by atoms with Gasteiger partial charge in [0.2, 0.25) is 0 Å². The number of hydrogen-bond donors (Lipinski definition) is 3. The van der Waals surface area contributed by atoms with Crippen molar-refractivity contribution in [1.82, 2.24) is 4.90 Å². The van der Waals surface area contributed by atoms with Crippen molar-refractivity contribution in [3.05, 3.63) is 12.7 Å². The molecule has 0 spiro atoms. The maximum Gasteiger partial charge on any atom is 0.307 e. The third-order valence-electron chi connectivity index (χ3n) is 10.1. The minimum atomic E-state index is -2.19. The van der Waals surface area contributed by atoms with Gasteiger partial charge in [-0.2, -0.15) is 0 Å². The molecule has 0 aromatic heterocycles. The summed E-state index contributed by atoms with van der Waals surface area (Å²) in [5.41, 5.74) is -7.08. The van der Waals surface area contributed by atoms with Crippen molar-refractivity contribution in [3.8, 4) is 0 Å². The monoisotopic (exact) mass is 543 g/mol. The van der Waals surface area contributed by atoms with Gasteiger partial charge in [0.15, 0.2) is 17.5 Å². The van der Waals surface area contributed by atoms with E-state index >= 15 is 0 Å². The summed E-state index contributed by atoms with van der Waals surface area (Å²) in [6.07, 6.45) is 2.27. The molecule has 0 bridgehead atoms. The van der Waals surface area contributed by atoms with Crippen LogP contribution >= 0.6 is 12.4 Å². The predicted molar refractivity (Wildman–Crippen MR) is 141 cm³/mol. The van der Waals surface area contributed by atoms with Crippen molar-refractivity contribution < 1.29 is 34.4 Å². The molecule has 8 atom stereocenters. The Labute approximate surface area is 227 Å². The van der Waals surface area contributed by atoms with Gasteiger partial charge in [-0.3, -0.25) is 9.59 Å². The molecule has 4 fully saturated rings. The maximum absolute atomic E-state index is 13.9. The molecule has 0 radical (unpaired) electrons. The lowest BCUT2D eigenvalue weighted by Crippen LogP contribution is -2.86. The molecule has 2 aliphatic carbocycles. The summed E-state index contributed by atoms with van der Waals surface area (Å²) in [5, 5.41) is 35.6. The van der Waals surface area contributed by atoms with Crippen LogP contribution in [0, 0.1) is 16.7 Å². The number of rotatable bonds is 5. The van der Waals surface area contributed by atoms with Gasteiger partial charge in [0.25, 0.3) is 0 Å². The number of aliphatic hydroxyl groups is 3. The summed E-state index contributed by atoms with van der Waals surface area (Å²) in [4.78, 5) is 29.3. The average Bonchev–Trinajstić information content (AvgIpc) is 2.81. The van der Waals surface area contributed by atoms with Crippen molar-refractivity contribution in [3.63, 3.8) is 0 Å². The minimum absolute atomic E-state index is 0. The topological polar surface area (TPSA) is 117 Å². The van der Waals surface area contributed by atoms with E-state index in [1.165, 1.54) is 19.4 Å². The number of aliphatic hydroxyl groups excluding tert-OH is 2. The largest absolute Gasteiger partial charge is 0.456 e. The van der Waals surface area contributed by atoms with Crippen LogP contribution in [0.5, 0.6) is 0 Å². The molecule has 9 heteroatoms. The minimum Gasteiger partial charge on any atom is -0.456 e. The Bertz CT molecular complexity index is 907. The molecule has 0 aromatic rings. The molecule has 0 amide bonds. The van der Waals surface area contributed by atoms with Gasteiger partial charge < -0.3 is 29.7 Å². The average molecular weight is 544 g/mol. The van der Waals surface area contributed by atoms with E-state index in [2.05, 4.69) is 11.5 Å². The van der Waals surface area contributed by atoms with Crippen LogP contribution in [0.3, 0.4) is 0 Å². The highest BCUT2D eigenvalue weighted by Crippen LogP contribution is 2.67. The Morgan fingerprint density at radius 2 is 1.78 bits per heavy atom. The second-order valence-corrected chi connectivity index (χ2v) is 12.9. The standard InChI is InChI=1S/C28H45NO7.ClH/c1-7-25(4)17-19(31)28(34)26(5)18(30)11-13-24(2,3)22(26)21(33)23(27(28,6)36-25)35-20(32)12-16-29-14-9-8-10-15-29;/h7,18,21-23,30,33-34H,1,8-17H2,2-6H3;1H/t18-,21?,22?,23?,25-,26?,27+,28-;/m0./s1. The molecule has 2 heterocycles. The van der Waals surface area contributed by atoms with Gasteiger partial charge in [0.05, 0.1) is 24.2 Å². The Hall–Kier alpha value is -1.03. The number of fused-ring (bicyclic) bond motifs is 3. The number of halogens is 1. The summed E-state index contributed by atoms with van der Waals surface area (Å²) in [5.74, 6) is -1.72. The molecule has 2 saturated heterocycles. The number of nitrogens with zero attached hydrogens (tertiary/aromatic N) is 1. The van der Waals surface area contributed by atoms with Crippen LogP contribution in [-0.4, -0.2) is 86.7 Å². The number of hydrogen-bond acceptors (Lipinski definition) is 8. The fourth-order valence-electron chi connectivity index (χ4n) is 8.11. The summed E-state index contributed by atoms with van der Waals surface area (Å²) in [6, 6.07) is 0. The number of piperidine rings is 1. The Balaban J connectivity index is 0.00000380. The van der Waals surface area contributed by atoms with Crippen molar-refractivity contribution in [1.29, 1.82) is 0 Å². The van der Waals surface area contributed by atoms with Crippen LogP contribution in [0.2, 0.25) is 0 Å². The predicted octanol–water partition coefficient (Wildman–Crippen LogP) is 2.80. The Morgan fingerprint density at radius 1 is 1.16 bits per heavy atom. The molecule has 8 nitrogen and oxygen atoms in total. The van der Waals surface area contributed by atoms with E-state index in [1.54, 1.807) is 13.8 Å². The van der Waals surface area contributed by atoms with Crippen LogP contribution in [0.4, 0.5) is 0 Å². The number of ketones is 1. The number of ether oxygens (including phenoxy) is 2. The molecule has 4 aliphatic rings. The van der Waals surface area contributed by atoms with Gasteiger partial charge in [0, 0.05) is 24.3 Å². The first-order valence-electron chi connectivity index (χ1n) is 13.5. The van der Waals surface area contributed by atoms with Gasteiger partial charge >= 0.3 is 5.97 Å². The molecule has 2 saturated carbocycles. The van der Waals surface area contributed by atoms with Crippen molar-refractivity contribution in [2.75, 3.05) is 19.6 Å². The number of esters is 1. The van der Waals surface area contributed by atoms with E-state index in [1.807, 2.05) is 13.8 Å². The summed E-state index contributed by atoms with van der Waals surface area (Å²) in [7, 11) is 0. The fourth-order valence-corrected chi connectivity index (χ4v) is 8.11. The van der Waals surface area contributed by atoms with Crippen LogP contribution in [0.15, 0.2) is 12.7 Å². The first kappa shape index (κ1) is 30.5. The highest BCUT2D eigenvalue weighted by molar-refractivity contribution is 5.92. The lowest BCUT2D eigenvalue weighted by atomic mass is 9.40. The normalized spacial score (nSPS) is 45.7. The molecular weight excluding hydrogens is 498 g/mol. The summed E-state index contributed by atoms with van der Waals surface area (Å²) >= 11 is 0. The molecule has 37 heavy (non-hydrogen) atoms. The fraction of sp³-hybridized carbons (Fsp3) is 0.857. The van der Waals surface area contributed by atoms with E-state index in [0.29, 0.717) is 19.4 Å². The van der Waals surface area contributed by atoms with E-state index in [9.17, 15) is 24.9 Å². The third kappa shape index (κ3) is 4.49. The van der Waals surface area contributed by atoms with Crippen molar-refractivity contribution >= 4 is 24.2 Å². The smallest absolute Gasteiger partial charge is 0.307 e. The van der Waals surface area contributed by atoms with Crippen LogP contribution in [-0.2, 0) is 19.1 Å². The first-order valence-corrected chi connectivity index (χ1v) is 13.5. The lowest BCUT2D eigenvalue weighted by molar-refractivity contribution is -0.370. The highest BCUT2D eigenvalue weighted by atomic mass is 35.5. The highest BCUT2D eigenvalue weighted by Gasteiger charge is 2.81. The van der Waals surface area contributed by atoms with E-state index in [-0.39, 0.29) is 25.2 Å². The number of Topliss-reactive ketones (excluding diaryl/α,β-unsaturated/α-hetero) is 1. The van der Waals surface area contributed by atoms with E-state index < -0.39 is 63.6 Å². The lowest BCUT2D eigenvalue weighted by Gasteiger charge is -2.71. The summed E-state index contributed by atoms with van der Waals surface area (Å²) < 4.78 is 12.4. The number of carbonyl (C=O) groups excluding carboxylic acids is 2. The zero-order chi connectivity index (χ0) is 26.7. The number of likely N-dealkylation sites (tertiary alicyclic amines) is 1. The zero-order valence-electron chi connectivity index (χ0n) is 23.0. The zero-order valence-corrected chi connectivity index (χ0v) is 23.8. The van der Waals surface area contributed by atoms with Crippen LogP contribution in [0.1, 0.15) is 79.6 Å². The van der Waals surface area contributed by atoms with Gasteiger partial charge in [-0.25, -0.2) is 0 Å². The molecular formula is C28H46ClNO7. The van der Waals surface area contributed by atoms with E-state index in [4.69, 9.17) is 9.47 Å². The SMILES string of the molecule is C=C[C@@]1(C)CC(=O)[C@]2(O)C3(C)C(C(O)C(OC(=O)CCN4CCCCC4)[C@@]2(C)O1)C(C)(C)CC[C@@H]3O.Cl. The quantitative estimate of drug-likeness (QED) is 0.358. The maximum atomic E-state index is 13.9. The summed E-state index contributed by atoms with van der Waals surface area (Å²) in [6.45, 7) is 15.1. The second-order valence-electron chi connectivity index (χ2n) is 12.9. The molecule has 4 unspecified atom stereocenters. The molecule has 0 aromatic carbocycles. The Morgan fingerprint density at radius 3 is 2.38 bits per heavy atom. The Kier molecular flexibility index (Phi) is 8.39. The first-order chi connectivity index (χ1) is 16.7.